The summed E-state index contributed by atoms with van der Waals surface area (Å²) in [7, 11) is 0. The molecular formula is C16H15ClN4O. The molecule has 112 valence electrons. The van der Waals surface area contributed by atoms with Crippen LogP contribution < -0.4 is 5.32 Å². The molecule has 0 saturated carbocycles. The Hall–Kier alpha value is -2.40. The smallest absolute Gasteiger partial charge is 0.274 e. The first kappa shape index (κ1) is 14.5. The second kappa shape index (κ2) is 5.42. The number of amides is 1. The quantitative estimate of drug-likeness (QED) is 0.786. The molecule has 0 atom stereocenters. The van der Waals surface area contributed by atoms with Crippen LogP contribution >= 0.6 is 11.6 Å². The summed E-state index contributed by atoms with van der Waals surface area (Å²) in [6, 6.07) is 8.93. The largest absolute Gasteiger partial charge is 0.320 e. The van der Waals surface area contributed by atoms with Crippen LogP contribution in [0.1, 0.15) is 27.4 Å². The van der Waals surface area contributed by atoms with Crippen LogP contribution in [0.15, 0.2) is 30.3 Å². The maximum atomic E-state index is 12.4. The van der Waals surface area contributed by atoms with Crippen molar-refractivity contribution in [1.82, 2.24) is 14.6 Å². The summed E-state index contributed by atoms with van der Waals surface area (Å²) in [5.41, 5.74) is 4.34. The first-order valence-electron chi connectivity index (χ1n) is 6.85. The van der Waals surface area contributed by atoms with E-state index in [9.17, 15) is 4.79 Å². The monoisotopic (exact) mass is 314 g/mol. The molecule has 5 nitrogen and oxygen atoms in total. The van der Waals surface area contributed by atoms with Gasteiger partial charge in [-0.1, -0.05) is 17.7 Å². The highest BCUT2D eigenvalue weighted by Gasteiger charge is 2.13. The van der Waals surface area contributed by atoms with Gasteiger partial charge in [0.15, 0.2) is 5.65 Å². The van der Waals surface area contributed by atoms with Crippen LogP contribution in [0.25, 0.3) is 5.65 Å². The van der Waals surface area contributed by atoms with Crippen LogP contribution in [-0.4, -0.2) is 20.5 Å². The third-order valence-corrected chi connectivity index (χ3v) is 3.64. The number of halogens is 1. The molecule has 0 aliphatic carbocycles. The Balaban J connectivity index is 1.96. The summed E-state index contributed by atoms with van der Waals surface area (Å²) >= 11 is 5.97. The Bertz CT molecular complexity index is 885. The molecule has 0 spiro atoms. The number of aromatic nitrogens is 3. The van der Waals surface area contributed by atoms with Gasteiger partial charge in [-0.25, -0.2) is 9.50 Å². The zero-order chi connectivity index (χ0) is 15.9. The van der Waals surface area contributed by atoms with Crippen LogP contribution in [-0.2, 0) is 0 Å². The lowest BCUT2D eigenvalue weighted by atomic mass is 10.2. The highest BCUT2D eigenvalue weighted by atomic mass is 35.5. The van der Waals surface area contributed by atoms with E-state index in [2.05, 4.69) is 15.4 Å². The minimum absolute atomic E-state index is 0.269. The van der Waals surface area contributed by atoms with Gasteiger partial charge in [0.25, 0.3) is 5.91 Å². The van der Waals surface area contributed by atoms with Crippen LogP contribution in [0, 0.1) is 20.8 Å². The number of hydrogen-bond acceptors (Lipinski definition) is 3. The number of nitrogens with zero attached hydrogens (tertiary/aromatic N) is 3. The average molecular weight is 315 g/mol. The van der Waals surface area contributed by atoms with E-state index in [1.807, 2.05) is 32.9 Å². The van der Waals surface area contributed by atoms with Gasteiger partial charge in [-0.3, -0.25) is 4.79 Å². The molecule has 0 aliphatic heterocycles. The van der Waals surface area contributed by atoms with Gasteiger partial charge in [-0.2, -0.15) is 5.10 Å². The molecule has 0 unspecified atom stereocenters. The second-order valence-electron chi connectivity index (χ2n) is 5.25. The molecule has 1 N–H and O–H groups in total. The average Bonchev–Trinajstić information content (AvgIpc) is 2.84. The lowest BCUT2D eigenvalue weighted by Gasteiger charge is -2.09. The van der Waals surface area contributed by atoms with E-state index in [1.54, 1.807) is 22.7 Å². The van der Waals surface area contributed by atoms with Gasteiger partial charge < -0.3 is 5.32 Å². The molecule has 3 rings (SSSR count). The van der Waals surface area contributed by atoms with Gasteiger partial charge in [0.05, 0.1) is 5.69 Å². The topological polar surface area (TPSA) is 59.3 Å². The Kier molecular flexibility index (Phi) is 3.58. The molecule has 3 aromatic rings. The predicted octanol–water partition coefficient (Wildman–Crippen LogP) is 3.56. The van der Waals surface area contributed by atoms with E-state index < -0.39 is 0 Å². The summed E-state index contributed by atoms with van der Waals surface area (Å²) in [5.74, 6) is -0.269. The fourth-order valence-electron chi connectivity index (χ4n) is 2.27. The Morgan fingerprint density at radius 3 is 2.73 bits per heavy atom. The van der Waals surface area contributed by atoms with Gasteiger partial charge in [0.1, 0.15) is 5.69 Å². The van der Waals surface area contributed by atoms with Crippen LogP contribution in [0.2, 0.25) is 5.02 Å². The number of rotatable bonds is 2. The Labute approximate surface area is 132 Å². The van der Waals surface area contributed by atoms with Gasteiger partial charge in [0.2, 0.25) is 0 Å². The molecule has 2 aromatic heterocycles. The van der Waals surface area contributed by atoms with Gasteiger partial charge >= 0.3 is 0 Å². The second-order valence-corrected chi connectivity index (χ2v) is 5.69. The Morgan fingerprint density at radius 1 is 1.18 bits per heavy atom. The zero-order valence-electron chi connectivity index (χ0n) is 12.5. The van der Waals surface area contributed by atoms with E-state index in [-0.39, 0.29) is 5.91 Å². The van der Waals surface area contributed by atoms with E-state index in [1.165, 1.54) is 0 Å². The molecule has 0 saturated heterocycles. The minimum Gasteiger partial charge on any atom is -0.320 e. The summed E-state index contributed by atoms with van der Waals surface area (Å²) in [6.45, 7) is 5.69. The lowest BCUT2D eigenvalue weighted by molar-refractivity contribution is 0.102. The fraction of sp³-hybridized carbons (Fsp3) is 0.188. The van der Waals surface area contributed by atoms with Crippen LogP contribution in [0.3, 0.4) is 0 Å². The van der Waals surface area contributed by atoms with Crippen molar-refractivity contribution in [3.05, 3.63) is 58.0 Å². The van der Waals surface area contributed by atoms with Crippen LogP contribution in [0.5, 0.6) is 0 Å². The van der Waals surface area contributed by atoms with Gasteiger partial charge in [-0.05, 0) is 44.5 Å². The molecule has 1 aromatic carbocycles. The number of fused-ring (bicyclic) bond motifs is 1. The molecule has 0 radical (unpaired) electrons. The summed E-state index contributed by atoms with van der Waals surface area (Å²) < 4.78 is 1.72. The molecule has 1 amide bonds. The predicted molar refractivity (Wildman–Crippen MR) is 86.6 cm³/mol. The number of hydrogen-bond donors (Lipinski definition) is 1. The number of carbonyl (C=O) groups is 1. The summed E-state index contributed by atoms with van der Waals surface area (Å²) in [4.78, 5) is 16.8. The number of anilines is 1. The third-order valence-electron chi connectivity index (χ3n) is 3.41. The van der Waals surface area contributed by atoms with E-state index in [0.717, 1.165) is 17.0 Å². The van der Waals surface area contributed by atoms with E-state index in [0.29, 0.717) is 22.1 Å². The molecule has 0 fully saturated rings. The third kappa shape index (κ3) is 2.67. The van der Waals surface area contributed by atoms with Crippen molar-refractivity contribution in [2.75, 3.05) is 5.32 Å². The number of nitrogens with one attached hydrogen (secondary N) is 1. The van der Waals surface area contributed by atoms with Crippen molar-refractivity contribution in [2.24, 2.45) is 0 Å². The molecule has 6 heteroatoms. The SMILES string of the molecule is Cc1cc2nc(C(=O)Nc3cc(Cl)ccc3C)cc(C)n2n1. The van der Waals surface area contributed by atoms with E-state index >= 15 is 0 Å². The lowest BCUT2D eigenvalue weighted by Crippen LogP contribution is -2.15. The highest BCUT2D eigenvalue weighted by Crippen LogP contribution is 2.21. The molecule has 22 heavy (non-hydrogen) atoms. The van der Waals surface area contributed by atoms with Crippen molar-refractivity contribution < 1.29 is 4.79 Å². The first-order chi connectivity index (χ1) is 10.4. The van der Waals surface area contributed by atoms with Crippen molar-refractivity contribution >= 4 is 28.8 Å². The minimum atomic E-state index is -0.269. The van der Waals surface area contributed by atoms with Crippen LogP contribution in [0.4, 0.5) is 5.69 Å². The zero-order valence-corrected chi connectivity index (χ0v) is 13.3. The van der Waals surface area contributed by atoms with Crippen molar-refractivity contribution in [3.8, 4) is 0 Å². The molecule has 0 bridgehead atoms. The normalized spacial score (nSPS) is 10.9. The summed E-state index contributed by atoms with van der Waals surface area (Å²) in [6.07, 6.45) is 0. The standard InChI is InChI=1S/C16H15ClN4O/c1-9-4-5-12(17)8-13(9)19-16(22)14-7-11(3)21-15(18-14)6-10(2)20-21/h4-8H,1-3H3,(H,19,22). The number of carbonyl (C=O) groups excluding carboxylic acids is 1. The van der Waals surface area contributed by atoms with Crippen molar-refractivity contribution in [3.63, 3.8) is 0 Å². The maximum absolute atomic E-state index is 12.4. The molecule has 2 heterocycles. The maximum Gasteiger partial charge on any atom is 0.274 e. The summed E-state index contributed by atoms with van der Waals surface area (Å²) in [5, 5.41) is 7.75. The number of aryl methyl sites for hydroxylation is 3. The Morgan fingerprint density at radius 2 is 1.95 bits per heavy atom. The van der Waals surface area contributed by atoms with E-state index in [4.69, 9.17) is 11.6 Å². The van der Waals surface area contributed by atoms with Gasteiger partial charge in [-0.15, -0.1) is 0 Å². The van der Waals surface area contributed by atoms with Crippen molar-refractivity contribution in [1.29, 1.82) is 0 Å². The first-order valence-corrected chi connectivity index (χ1v) is 7.23. The number of benzene rings is 1. The molecule has 0 aliphatic rings. The highest BCUT2D eigenvalue weighted by molar-refractivity contribution is 6.31. The fourth-order valence-corrected chi connectivity index (χ4v) is 2.44. The van der Waals surface area contributed by atoms with Crippen molar-refractivity contribution in [2.45, 2.75) is 20.8 Å². The molecular weight excluding hydrogens is 300 g/mol. The van der Waals surface area contributed by atoms with Gasteiger partial charge in [0, 0.05) is 22.5 Å².